The van der Waals surface area contributed by atoms with Gasteiger partial charge in [-0.15, -0.1) is 0 Å². The van der Waals surface area contributed by atoms with E-state index in [-0.39, 0.29) is 11.6 Å². The maximum Gasteiger partial charge on any atom is 0.160 e. The Morgan fingerprint density at radius 3 is 2.45 bits per heavy atom. The van der Waals surface area contributed by atoms with Gasteiger partial charge in [0.2, 0.25) is 0 Å². The molecule has 3 nitrogen and oxygen atoms in total. The maximum atomic E-state index is 13.6. The molecule has 5 heteroatoms. The first-order valence-electron chi connectivity index (χ1n) is 6.20. The molecule has 0 aliphatic carbocycles. The lowest BCUT2D eigenvalue weighted by atomic mass is 10.1. The van der Waals surface area contributed by atoms with Crippen LogP contribution in [-0.4, -0.2) is 9.38 Å². The Labute approximate surface area is 114 Å². The van der Waals surface area contributed by atoms with Crippen LogP contribution < -0.4 is 5.32 Å². The quantitative estimate of drug-likeness (QED) is 0.765. The summed E-state index contributed by atoms with van der Waals surface area (Å²) in [5.41, 5.74) is 3.46. The van der Waals surface area contributed by atoms with Crippen molar-refractivity contribution in [2.75, 3.05) is 5.32 Å². The van der Waals surface area contributed by atoms with Gasteiger partial charge >= 0.3 is 0 Å². The van der Waals surface area contributed by atoms with E-state index in [9.17, 15) is 8.78 Å². The minimum absolute atomic E-state index is 0.282. The lowest BCUT2D eigenvalue weighted by Gasteiger charge is -2.14. The average molecular weight is 273 g/mol. The highest BCUT2D eigenvalue weighted by Gasteiger charge is 2.10. The SMILES string of the molecule is Cc1cc(F)cc(C)c1Nc1cc(F)cn2ccnc12. The Kier molecular flexibility index (Phi) is 2.89. The van der Waals surface area contributed by atoms with Crippen LogP contribution in [0.25, 0.3) is 5.65 Å². The van der Waals surface area contributed by atoms with Gasteiger partial charge in [-0.05, 0) is 37.1 Å². The third-order valence-corrected chi connectivity index (χ3v) is 3.21. The molecule has 20 heavy (non-hydrogen) atoms. The number of rotatable bonds is 2. The highest BCUT2D eigenvalue weighted by Crippen LogP contribution is 2.28. The Morgan fingerprint density at radius 2 is 1.75 bits per heavy atom. The monoisotopic (exact) mass is 273 g/mol. The van der Waals surface area contributed by atoms with Crippen LogP contribution in [0.2, 0.25) is 0 Å². The van der Waals surface area contributed by atoms with Gasteiger partial charge in [0.05, 0.1) is 5.69 Å². The molecule has 2 aromatic heterocycles. The van der Waals surface area contributed by atoms with Crippen molar-refractivity contribution in [3.63, 3.8) is 0 Å². The first-order valence-corrected chi connectivity index (χ1v) is 6.20. The molecule has 0 atom stereocenters. The molecule has 1 N–H and O–H groups in total. The van der Waals surface area contributed by atoms with Crippen molar-refractivity contribution in [2.45, 2.75) is 13.8 Å². The summed E-state index contributed by atoms with van der Waals surface area (Å²) in [4.78, 5) is 4.19. The zero-order valence-electron chi connectivity index (χ0n) is 11.1. The van der Waals surface area contributed by atoms with Gasteiger partial charge in [0, 0.05) is 30.3 Å². The number of aryl methyl sites for hydroxylation is 2. The third-order valence-electron chi connectivity index (χ3n) is 3.21. The van der Waals surface area contributed by atoms with Crippen molar-refractivity contribution >= 4 is 17.0 Å². The van der Waals surface area contributed by atoms with Crippen molar-refractivity contribution < 1.29 is 8.78 Å². The Hall–Kier alpha value is -2.43. The largest absolute Gasteiger partial charge is 0.352 e. The lowest BCUT2D eigenvalue weighted by Crippen LogP contribution is -2.00. The molecule has 0 aliphatic rings. The fourth-order valence-corrected chi connectivity index (χ4v) is 2.33. The Morgan fingerprint density at radius 1 is 1.05 bits per heavy atom. The first kappa shape index (κ1) is 12.6. The molecule has 0 unspecified atom stereocenters. The van der Waals surface area contributed by atoms with Crippen LogP contribution in [0, 0.1) is 25.5 Å². The zero-order chi connectivity index (χ0) is 14.3. The third kappa shape index (κ3) is 2.11. The number of aromatic nitrogens is 2. The van der Waals surface area contributed by atoms with Crippen molar-refractivity contribution in [1.82, 2.24) is 9.38 Å². The molecule has 3 rings (SSSR count). The molecular formula is C15H13F2N3. The molecular weight excluding hydrogens is 260 g/mol. The zero-order valence-corrected chi connectivity index (χ0v) is 11.1. The van der Waals surface area contributed by atoms with Crippen molar-refractivity contribution in [3.05, 3.63) is 59.6 Å². The number of anilines is 2. The highest BCUT2D eigenvalue weighted by atomic mass is 19.1. The van der Waals surface area contributed by atoms with E-state index >= 15 is 0 Å². The average Bonchev–Trinajstić information content (AvgIpc) is 2.81. The van der Waals surface area contributed by atoms with E-state index in [2.05, 4.69) is 10.3 Å². The number of nitrogens with zero attached hydrogens (tertiary/aromatic N) is 2. The Bertz CT molecular complexity index is 770. The molecule has 0 amide bonds. The van der Waals surface area contributed by atoms with E-state index in [1.54, 1.807) is 30.6 Å². The number of pyridine rings is 1. The predicted octanol–water partition coefficient (Wildman–Crippen LogP) is 3.97. The van der Waals surface area contributed by atoms with Gasteiger partial charge in [0.25, 0.3) is 0 Å². The molecule has 0 fully saturated rings. The van der Waals surface area contributed by atoms with Crippen LogP contribution in [0.4, 0.5) is 20.2 Å². The fourth-order valence-electron chi connectivity index (χ4n) is 2.33. The van der Waals surface area contributed by atoms with Gasteiger partial charge < -0.3 is 9.72 Å². The summed E-state index contributed by atoms with van der Waals surface area (Å²) in [6.07, 6.45) is 4.64. The normalized spacial score (nSPS) is 11.0. The minimum Gasteiger partial charge on any atom is -0.352 e. The van der Waals surface area contributed by atoms with Crippen molar-refractivity contribution in [3.8, 4) is 0 Å². The second-order valence-corrected chi connectivity index (χ2v) is 4.77. The van der Waals surface area contributed by atoms with E-state index in [0.29, 0.717) is 11.3 Å². The maximum absolute atomic E-state index is 13.6. The molecule has 102 valence electrons. The number of hydrogen-bond acceptors (Lipinski definition) is 2. The molecule has 0 aliphatic heterocycles. The van der Waals surface area contributed by atoms with Gasteiger partial charge in [-0.25, -0.2) is 13.8 Å². The molecule has 0 spiro atoms. The second-order valence-electron chi connectivity index (χ2n) is 4.77. The summed E-state index contributed by atoms with van der Waals surface area (Å²) in [5.74, 6) is -0.647. The smallest absolute Gasteiger partial charge is 0.160 e. The second kappa shape index (κ2) is 4.59. The van der Waals surface area contributed by atoms with Gasteiger partial charge in [-0.2, -0.15) is 0 Å². The van der Waals surface area contributed by atoms with Crippen LogP contribution in [-0.2, 0) is 0 Å². The van der Waals surface area contributed by atoms with Gasteiger partial charge in [0.15, 0.2) is 5.65 Å². The molecule has 0 saturated carbocycles. The summed E-state index contributed by atoms with van der Waals surface area (Å²) in [6.45, 7) is 3.61. The van der Waals surface area contributed by atoms with Crippen LogP contribution in [0.1, 0.15) is 11.1 Å². The molecule has 0 radical (unpaired) electrons. The van der Waals surface area contributed by atoms with Gasteiger partial charge in [-0.3, -0.25) is 0 Å². The molecule has 0 saturated heterocycles. The number of nitrogens with one attached hydrogen (secondary N) is 1. The number of imidazole rings is 1. The van der Waals surface area contributed by atoms with Crippen molar-refractivity contribution in [2.24, 2.45) is 0 Å². The van der Waals surface area contributed by atoms with E-state index in [4.69, 9.17) is 0 Å². The fraction of sp³-hybridized carbons (Fsp3) is 0.133. The van der Waals surface area contributed by atoms with Crippen LogP contribution in [0.5, 0.6) is 0 Å². The number of fused-ring (bicyclic) bond motifs is 1. The van der Waals surface area contributed by atoms with Crippen LogP contribution in [0.15, 0.2) is 36.8 Å². The highest BCUT2D eigenvalue weighted by molar-refractivity contribution is 5.76. The summed E-state index contributed by atoms with van der Waals surface area (Å²) < 4.78 is 28.5. The predicted molar refractivity (Wildman–Crippen MR) is 74.3 cm³/mol. The standard InChI is InChI=1S/C15H13F2N3/c1-9-5-11(16)6-10(2)14(9)19-13-7-12(17)8-20-4-3-18-15(13)20/h3-8,19H,1-2H3. The summed E-state index contributed by atoms with van der Waals surface area (Å²) in [7, 11) is 0. The summed E-state index contributed by atoms with van der Waals surface area (Å²) >= 11 is 0. The van der Waals surface area contributed by atoms with Crippen molar-refractivity contribution in [1.29, 1.82) is 0 Å². The van der Waals surface area contributed by atoms with E-state index in [1.807, 2.05) is 0 Å². The summed E-state index contributed by atoms with van der Waals surface area (Å²) in [5, 5.41) is 3.15. The molecule has 0 bridgehead atoms. The van der Waals surface area contributed by atoms with Gasteiger partial charge in [0.1, 0.15) is 11.6 Å². The lowest BCUT2D eigenvalue weighted by molar-refractivity contribution is 0.619. The molecule has 2 heterocycles. The minimum atomic E-state index is -0.365. The number of halogens is 2. The molecule has 3 aromatic rings. The summed E-state index contributed by atoms with van der Waals surface area (Å²) in [6, 6.07) is 4.26. The molecule has 1 aromatic carbocycles. The van der Waals surface area contributed by atoms with Crippen LogP contribution in [0.3, 0.4) is 0 Å². The number of hydrogen-bond donors (Lipinski definition) is 1. The van der Waals surface area contributed by atoms with E-state index in [0.717, 1.165) is 16.8 Å². The number of benzene rings is 1. The van der Waals surface area contributed by atoms with E-state index < -0.39 is 0 Å². The van der Waals surface area contributed by atoms with Gasteiger partial charge in [-0.1, -0.05) is 0 Å². The Balaban J connectivity index is 2.12. The van der Waals surface area contributed by atoms with Crippen LogP contribution >= 0.6 is 0 Å². The topological polar surface area (TPSA) is 29.3 Å². The first-order chi connectivity index (χ1) is 9.54. The van der Waals surface area contributed by atoms with E-state index in [1.165, 1.54) is 24.4 Å².